The number of hydrogen-bond donors (Lipinski definition) is 1. The van der Waals surface area contributed by atoms with E-state index in [1.165, 1.54) is 18.5 Å². The SMILES string of the molecule is COc1ccc([C@H]2CC(=O)C3=C(C2)Nc2ncnn2[C@@H]3c2ccc(F)cc2)cc1OC. The summed E-state index contributed by atoms with van der Waals surface area (Å²) in [6, 6.07) is 11.5. The molecule has 1 aliphatic heterocycles. The zero-order valence-corrected chi connectivity index (χ0v) is 17.1. The van der Waals surface area contributed by atoms with Gasteiger partial charge in [0.05, 0.1) is 14.2 Å². The van der Waals surface area contributed by atoms with E-state index in [9.17, 15) is 9.18 Å². The van der Waals surface area contributed by atoms with Gasteiger partial charge in [-0.3, -0.25) is 4.79 Å². The molecule has 0 saturated heterocycles. The Balaban J connectivity index is 1.55. The van der Waals surface area contributed by atoms with Crippen LogP contribution >= 0.6 is 0 Å². The van der Waals surface area contributed by atoms with Crippen molar-refractivity contribution < 1.29 is 18.7 Å². The first-order chi connectivity index (χ1) is 15.1. The highest BCUT2D eigenvalue weighted by atomic mass is 19.1. The molecular weight excluding hydrogens is 399 g/mol. The Bertz CT molecular complexity index is 1190. The minimum atomic E-state index is -0.437. The summed E-state index contributed by atoms with van der Waals surface area (Å²) in [5.74, 6) is 1.54. The van der Waals surface area contributed by atoms with E-state index in [-0.39, 0.29) is 17.5 Å². The molecule has 0 spiro atoms. The van der Waals surface area contributed by atoms with Gasteiger partial charge in [0.2, 0.25) is 5.95 Å². The van der Waals surface area contributed by atoms with Crippen molar-refractivity contribution in [2.75, 3.05) is 19.5 Å². The lowest BCUT2D eigenvalue weighted by Gasteiger charge is -2.35. The normalized spacial score (nSPS) is 20.0. The molecule has 0 radical (unpaired) electrons. The molecule has 2 aliphatic rings. The van der Waals surface area contributed by atoms with Crippen LogP contribution in [-0.2, 0) is 4.79 Å². The summed E-state index contributed by atoms with van der Waals surface area (Å²) in [5, 5.41) is 7.60. The molecule has 0 fully saturated rings. The van der Waals surface area contributed by atoms with Gasteiger partial charge in [-0.1, -0.05) is 18.2 Å². The lowest BCUT2D eigenvalue weighted by molar-refractivity contribution is -0.116. The molecule has 0 amide bonds. The molecule has 0 bridgehead atoms. The highest BCUT2D eigenvalue weighted by molar-refractivity contribution is 6.00. The number of ketones is 1. The van der Waals surface area contributed by atoms with Gasteiger partial charge in [-0.15, -0.1) is 0 Å². The second-order valence-electron chi connectivity index (χ2n) is 7.64. The molecule has 5 rings (SSSR count). The van der Waals surface area contributed by atoms with Gasteiger partial charge in [-0.25, -0.2) is 9.07 Å². The van der Waals surface area contributed by atoms with E-state index in [0.29, 0.717) is 35.9 Å². The third kappa shape index (κ3) is 3.24. The number of nitrogens with one attached hydrogen (secondary N) is 1. The number of methoxy groups -OCH3 is 2. The summed E-state index contributed by atoms with van der Waals surface area (Å²) >= 11 is 0. The largest absolute Gasteiger partial charge is 0.493 e. The quantitative estimate of drug-likeness (QED) is 0.691. The molecule has 1 aliphatic carbocycles. The minimum absolute atomic E-state index is 0.0121. The second-order valence-corrected chi connectivity index (χ2v) is 7.64. The summed E-state index contributed by atoms with van der Waals surface area (Å²) in [6.07, 6.45) is 2.45. The van der Waals surface area contributed by atoms with Gasteiger partial charge in [-0.05, 0) is 47.7 Å². The van der Waals surface area contributed by atoms with E-state index in [2.05, 4.69) is 15.4 Å². The Morgan fingerprint density at radius 3 is 2.52 bits per heavy atom. The Labute approximate surface area is 178 Å². The molecule has 2 aromatic carbocycles. The van der Waals surface area contributed by atoms with Crippen molar-refractivity contribution in [2.45, 2.75) is 24.8 Å². The Kier molecular flexibility index (Phi) is 4.69. The highest BCUT2D eigenvalue weighted by Gasteiger charge is 2.39. The molecular formula is C23H21FN4O3. The first kappa shape index (κ1) is 19.3. The molecule has 1 aromatic heterocycles. The number of rotatable bonds is 4. The van der Waals surface area contributed by atoms with Gasteiger partial charge in [-0.2, -0.15) is 10.1 Å². The summed E-state index contributed by atoms with van der Waals surface area (Å²) in [7, 11) is 3.19. The third-order valence-corrected chi connectivity index (χ3v) is 5.93. The maximum Gasteiger partial charge on any atom is 0.226 e. The van der Waals surface area contributed by atoms with Gasteiger partial charge in [0.1, 0.15) is 18.2 Å². The van der Waals surface area contributed by atoms with Crippen LogP contribution in [0.4, 0.5) is 10.3 Å². The summed E-state index contributed by atoms with van der Waals surface area (Å²) in [4.78, 5) is 17.7. The number of hydrogen-bond acceptors (Lipinski definition) is 6. The number of nitrogens with zero attached hydrogens (tertiary/aromatic N) is 3. The van der Waals surface area contributed by atoms with Gasteiger partial charge in [0, 0.05) is 17.7 Å². The maximum absolute atomic E-state index is 13.5. The van der Waals surface area contributed by atoms with E-state index in [1.807, 2.05) is 18.2 Å². The lowest BCUT2D eigenvalue weighted by Crippen LogP contribution is -2.33. The molecule has 8 heteroatoms. The van der Waals surface area contributed by atoms with Crippen molar-refractivity contribution in [3.63, 3.8) is 0 Å². The van der Waals surface area contributed by atoms with Gasteiger partial charge < -0.3 is 14.8 Å². The predicted octanol–water partition coefficient (Wildman–Crippen LogP) is 3.85. The van der Waals surface area contributed by atoms with Crippen molar-refractivity contribution in [3.8, 4) is 11.5 Å². The fourth-order valence-electron chi connectivity index (χ4n) is 4.45. The number of allylic oxidation sites excluding steroid dienone is 2. The first-order valence-corrected chi connectivity index (χ1v) is 9.99. The summed E-state index contributed by atoms with van der Waals surface area (Å²) in [5.41, 5.74) is 3.27. The van der Waals surface area contributed by atoms with E-state index in [1.54, 1.807) is 31.0 Å². The van der Waals surface area contributed by atoms with Crippen LogP contribution in [0.3, 0.4) is 0 Å². The Morgan fingerprint density at radius 2 is 1.77 bits per heavy atom. The number of fused-ring (bicyclic) bond motifs is 1. The average Bonchev–Trinajstić information content (AvgIpc) is 3.26. The lowest BCUT2D eigenvalue weighted by atomic mass is 9.78. The number of benzene rings is 2. The van der Waals surface area contributed by atoms with Crippen LogP contribution in [0.1, 0.15) is 35.9 Å². The van der Waals surface area contributed by atoms with E-state index in [0.717, 1.165) is 16.8 Å². The molecule has 158 valence electrons. The van der Waals surface area contributed by atoms with Crippen LogP contribution in [0.2, 0.25) is 0 Å². The number of Topliss-reactive ketones (excluding diaryl/α,β-unsaturated/α-hetero) is 1. The van der Waals surface area contributed by atoms with Crippen molar-refractivity contribution in [2.24, 2.45) is 0 Å². The predicted molar refractivity (Wildman–Crippen MR) is 112 cm³/mol. The standard InChI is InChI=1S/C23H21FN4O3/c1-30-19-8-5-14(11-20(19)31-2)15-9-17-21(18(29)10-15)22(13-3-6-16(24)7-4-13)28-23(27-17)25-12-26-28/h3-8,11-12,15,22H,9-10H2,1-2H3,(H,25,26,27)/t15-,22-/m1/s1. The number of anilines is 1. The molecule has 2 atom stereocenters. The molecule has 1 N–H and O–H groups in total. The van der Waals surface area contributed by atoms with Crippen molar-refractivity contribution in [3.05, 3.63) is 77.0 Å². The topological polar surface area (TPSA) is 78.3 Å². The number of carbonyl (C=O) groups excluding carboxylic acids is 1. The molecule has 2 heterocycles. The summed E-state index contributed by atoms with van der Waals surface area (Å²) < 4.78 is 26.0. The molecule has 7 nitrogen and oxygen atoms in total. The first-order valence-electron chi connectivity index (χ1n) is 9.99. The molecule has 31 heavy (non-hydrogen) atoms. The van der Waals surface area contributed by atoms with Crippen molar-refractivity contribution in [1.29, 1.82) is 0 Å². The van der Waals surface area contributed by atoms with E-state index in [4.69, 9.17) is 9.47 Å². The number of ether oxygens (including phenoxy) is 2. The van der Waals surface area contributed by atoms with Crippen molar-refractivity contribution >= 4 is 11.7 Å². The molecule has 0 unspecified atom stereocenters. The van der Waals surface area contributed by atoms with Crippen LogP contribution in [0, 0.1) is 5.82 Å². The van der Waals surface area contributed by atoms with E-state index < -0.39 is 6.04 Å². The molecule has 3 aromatic rings. The van der Waals surface area contributed by atoms with Gasteiger partial charge in [0.15, 0.2) is 17.3 Å². The van der Waals surface area contributed by atoms with Gasteiger partial charge in [0.25, 0.3) is 0 Å². The Morgan fingerprint density at radius 1 is 1.03 bits per heavy atom. The zero-order chi connectivity index (χ0) is 21.5. The number of aromatic nitrogens is 3. The van der Waals surface area contributed by atoms with Gasteiger partial charge >= 0.3 is 0 Å². The average molecular weight is 420 g/mol. The minimum Gasteiger partial charge on any atom is -0.493 e. The fourth-order valence-corrected chi connectivity index (χ4v) is 4.45. The van der Waals surface area contributed by atoms with Crippen LogP contribution < -0.4 is 14.8 Å². The van der Waals surface area contributed by atoms with Crippen LogP contribution in [-0.4, -0.2) is 34.8 Å². The fraction of sp³-hybridized carbons (Fsp3) is 0.261. The van der Waals surface area contributed by atoms with Crippen LogP contribution in [0.25, 0.3) is 0 Å². The number of halogens is 1. The zero-order valence-electron chi connectivity index (χ0n) is 17.1. The number of carbonyl (C=O) groups is 1. The van der Waals surface area contributed by atoms with Crippen molar-refractivity contribution in [1.82, 2.24) is 14.8 Å². The van der Waals surface area contributed by atoms with Crippen LogP contribution in [0.5, 0.6) is 11.5 Å². The second kappa shape index (κ2) is 7.54. The third-order valence-electron chi connectivity index (χ3n) is 5.93. The smallest absolute Gasteiger partial charge is 0.226 e. The van der Waals surface area contributed by atoms with E-state index >= 15 is 0 Å². The highest BCUT2D eigenvalue weighted by Crippen LogP contribution is 2.44. The molecule has 0 saturated carbocycles. The summed E-state index contributed by atoms with van der Waals surface area (Å²) in [6.45, 7) is 0. The van der Waals surface area contributed by atoms with Crippen LogP contribution in [0.15, 0.2) is 60.1 Å². The monoisotopic (exact) mass is 420 g/mol. The Hall–Kier alpha value is -3.68. The maximum atomic E-state index is 13.5.